The van der Waals surface area contributed by atoms with Crippen LogP contribution >= 0.6 is 0 Å². The molecule has 4 atom stereocenters. The van der Waals surface area contributed by atoms with Gasteiger partial charge in [0.1, 0.15) is 18.3 Å². The van der Waals surface area contributed by atoms with Crippen LogP contribution in [-0.2, 0) is 33.7 Å². The molecule has 0 amide bonds. The van der Waals surface area contributed by atoms with Gasteiger partial charge in [-0.25, -0.2) is 0 Å². The number of fused-ring (bicyclic) bond motifs is 1. The molecular formula is C26H44O6Si2. The Hall–Kier alpha value is -1.04. The van der Waals surface area contributed by atoms with Crippen LogP contribution in [0.2, 0.25) is 22.2 Å². The second-order valence-electron chi connectivity index (χ2n) is 11.0. The average molecular weight is 509 g/mol. The van der Waals surface area contributed by atoms with Gasteiger partial charge in [0.15, 0.2) is 6.10 Å². The summed E-state index contributed by atoms with van der Waals surface area (Å²) in [6, 6.07) is 10.2. The molecule has 0 aliphatic carbocycles. The Balaban J connectivity index is 2.05. The third kappa shape index (κ3) is 5.37. The van der Waals surface area contributed by atoms with Crippen LogP contribution < -0.4 is 0 Å². The number of hydrogen-bond acceptors (Lipinski definition) is 6. The highest BCUT2D eigenvalue weighted by atomic mass is 28.5. The van der Waals surface area contributed by atoms with Crippen molar-refractivity contribution in [2.75, 3.05) is 6.61 Å². The van der Waals surface area contributed by atoms with Crippen LogP contribution in [0, 0.1) is 0 Å². The molecule has 192 valence electrons. The highest BCUT2D eigenvalue weighted by Crippen LogP contribution is 2.48. The van der Waals surface area contributed by atoms with Crippen molar-refractivity contribution in [2.45, 2.75) is 115 Å². The van der Waals surface area contributed by atoms with Crippen molar-refractivity contribution >= 4 is 23.1 Å². The highest BCUT2D eigenvalue weighted by Gasteiger charge is 2.62. The number of ether oxygens (including phenoxy) is 2. The van der Waals surface area contributed by atoms with E-state index in [0.29, 0.717) is 13.0 Å². The van der Waals surface area contributed by atoms with E-state index in [1.807, 2.05) is 18.2 Å². The predicted molar refractivity (Wildman–Crippen MR) is 138 cm³/mol. The molecule has 1 aromatic carbocycles. The lowest BCUT2D eigenvalue weighted by Gasteiger charge is -2.51. The Kier molecular flexibility index (Phi) is 8.85. The lowest BCUT2D eigenvalue weighted by Crippen LogP contribution is -2.66. The smallest absolute Gasteiger partial charge is 0.335 e. The molecular weight excluding hydrogens is 464 g/mol. The third-order valence-corrected chi connectivity index (χ3v) is 17.6. The van der Waals surface area contributed by atoms with E-state index in [1.54, 1.807) is 0 Å². The summed E-state index contributed by atoms with van der Waals surface area (Å²) < 4.78 is 33.7. The Morgan fingerprint density at radius 2 is 1.50 bits per heavy atom. The zero-order chi connectivity index (χ0) is 25.3. The molecule has 8 heteroatoms. The first kappa shape index (κ1) is 27.5. The second-order valence-corrected chi connectivity index (χ2v) is 19.9. The van der Waals surface area contributed by atoms with E-state index >= 15 is 0 Å². The van der Waals surface area contributed by atoms with Crippen molar-refractivity contribution in [3.8, 4) is 0 Å². The number of carbonyl (C=O) groups excluding carboxylic acids is 1. The van der Waals surface area contributed by atoms with Gasteiger partial charge in [0.25, 0.3) is 0 Å². The van der Waals surface area contributed by atoms with Gasteiger partial charge in [-0.05, 0) is 27.7 Å². The lowest BCUT2D eigenvalue weighted by molar-refractivity contribution is -0.152. The number of esters is 1. The molecule has 0 spiro atoms. The topological polar surface area (TPSA) is 63.2 Å². The van der Waals surface area contributed by atoms with E-state index in [-0.39, 0.29) is 40.3 Å². The number of rotatable bonds is 7. The van der Waals surface area contributed by atoms with Crippen molar-refractivity contribution in [3.63, 3.8) is 0 Å². The summed E-state index contributed by atoms with van der Waals surface area (Å²) in [5.74, 6) is -0.325. The van der Waals surface area contributed by atoms with Crippen LogP contribution in [0.1, 0.15) is 67.9 Å². The normalized spacial score (nSPS) is 28.7. The summed E-state index contributed by atoms with van der Waals surface area (Å²) in [6.45, 7) is 19.5. The fourth-order valence-electron chi connectivity index (χ4n) is 5.56. The van der Waals surface area contributed by atoms with Gasteiger partial charge in [0, 0.05) is 13.3 Å². The number of carbonyl (C=O) groups is 1. The summed E-state index contributed by atoms with van der Waals surface area (Å²) in [7, 11) is -5.46. The van der Waals surface area contributed by atoms with Crippen molar-refractivity contribution < 1.29 is 27.2 Å². The zero-order valence-electron chi connectivity index (χ0n) is 22.4. The summed E-state index contributed by atoms with van der Waals surface area (Å²) in [6.07, 6.45) is -0.893. The molecule has 0 saturated carbocycles. The molecule has 0 radical (unpaired) electrons. The SMILES string of the molecule is CC(=O)O[C@H]1C2O[Si](C(C)C)(C(C)C)O[Si](C(C)C)(C(C)C)OC[C@H]2O[C@H]1Cc1ccccc1. The molecule has 2 heterocycles. The van der Waals surface area contributed by atoms with Crippen LogP contribution in [0.4, 0.5) is 0 Å². The molecule has 1 unspecified atom stereocenters. The lowest BCUT2D eigenvalue weighted by atomic mass is 10.0. The third-order valence-electron chi connectivity index (χ3n) is 7.32. The summed E-state index contributed by atoms with van der Waals surface area (Å²) in [4.78, 5) is 12.2. The molecule has 34 heavy (non-hydrogen) atoms. The van der Waals surface area contributed by atoms with Crippen molar-refractivity contribution in [2.24, 2.45) is 0 Å². The second kappa shape index (κ2) is 10.9. The molecule has 0 bridgehead atoms. The predicted octanol–water partition coefficient (Wildman–Crippen LogP) is 5.88. The van der Waals surface area contributed by atoms with E-state index in [1.165, 1.54) is 6.92 Å². The fourth-order valence-corrected chi connectivity index (χ4v) is 16.8. The van der Waals surface area contributed by atoms with Crippen molar-refractivity contribution in [3.05, 3.63) is 35.9 Å². The van der Waals surface area contributed by atoms with Gasteiger partial charge in [-0.1, -0.05) is 85.7 Å². The fraction of sp³-hybridized carbons (Fsp3) is 0.731. The molecule has 1 aromatic rings. The van der Waals surface area contributed by atoms with Crippen LogP contribution in [0.15, 0.2) is 30.3 Å². The Morgan fingerprint density at radius 3 is 2.00 bits per heavy atom. The molecule has 6 nitrogen and oxygen atoms in total. The summed E-state index contributed by atoms with van der Waals surface area (Å²) >= 11 is 0. The standard InChI is InChI=1S/C26H44O6Si2/c1-17(2)33(18(3)4)28-16-24-26(31-34(32-33,19(5)6)20(7)8)25(29-21(9)27)23(30-24)15-22-13-11-10-12-14-22/h10-14,17-20,23-26H,15-16H2,1-9H3/t23-,24+,25+,26?/m0/s1. The van der Waals surface area contributed by atoms with Crippen LogP contribution in [-0.4, -0.2) is 54.1 Å². The molecule has 0 aromatic heterocycles. The Bertz CT molecular complexity index is 797. The van der Waals surface area contributed by atoms with Gasteiger partial charge in [-0.2, -0.15) is 0 Å². The van der Waals surface area contributed by atoms with Crippen LogP contribution in [0.25, 0.3) is 0 Å². The maximum atomic E-state index is 12.2. The summed E-state index contributed by atoms with van der Waals surface area (Å²) in [5.41, 5.74) is 2.07. The quantitative estimate of drug-likeness (QED) is 0.338. The molecule has 3 rings (SSSR count). The van der Waals surface area contributed by atoms with Gasteiger partial charge in [0.2, 0.25) is 0 Å². The van der Waals surface area contributed by atoms with E-state index in [2.05, 4.69) is 67.5 Å². The van der Waals surface area contributed by atoms with Crippen molar-refractivity contribution in [1.29, 1.82) is 0 Å². The van der Waals surface area contributed by atoms with E-state index < -0.39 is 29.3 Å². The molecule has 2 aliphatic rings. The van der Waals surface area contributed by atoms with E-state index in [0.717, 1.165) is 5.56 Å². The first-order valence-corrected chi connectivity index (χ1v) is 16.8. The van der Waals surface area contributed by atoms with Gasteiger partial charge < -0.3 is 22.4 Å². The molecule has 0 N–H and O–H groups in total. The molecule has 2 saturated heterocycles. The first-order chi connectivity index (χ1) is 15.9. The van der Waals surface area contributed by atoms with Gasteiger partial charge in [0.05, 0.1) is 6.61 Å². The van der Waals surface area contributed by atoms with Crippen molar-refractivity contribution in [1.82, 2.24) is 0 Å². The molecule has 2 fully saturated rings. The van der Waals surface area contributed by atoms with E-state index in [4.69, 9.17) is 22.4 Å². The van der Waals surface area contributed by atoms with E-state index in [9.17, 15) is 4.79 Å². The minimum Gasteiger partial charge on any atom is -0.457 e. The van der Waals surface area contributed by atoms with Crippen LogP contribution in [0.5, 0.6) is 0 Å². The minimum atomic E-state index is -2.82. The largest absolute Gasteiger partial charge is 0.457 e. The number of benzene rings is 1. The first-order valence-electron chi connectivity index (χ1n) is 12.8. The maximum absolute atomic E-state index is 12.2. The highest BCUT2D eigenvalue weighted by molar-refractivity contribution is 6.84. The monoisotopic (exact) mass is 508 g/mol. The minimum absolute atomic E-state index is 0.199. The number of hydrogen-bond donors (Lipinski definition) is 0. The zero-order valence-corrected chi connectivity index (χ0v) is 24.4. The van der Waals surface area contributed by atoms with Gasteiger partial charge in [-0.15, -0.1) is 0 Å². The molecule has 2 aliphatic heterocycles. The average Bonchev–Trinajstić information content (AvgIpc) is 3.03. The Labute approximate surface area is 208 Å². The van der Waals surface area contributed by atoms with Gasteiger partial charge in [-0.3, -0.25) is 4.79 Å². The van der Waals surface area contributed by atoms with Gasteiger partial charge >= 0.3 is 23.1 Å². The maximum Gasteiger partial charge on any atom is 0.335 e. The summed E-state index contributed by atoms with van der Waals surface area (Å²) in [5, 5.41) is 0. The van der Waals surface area contributed by atoms with Crippen LogP contribution in [0.3, 0.4) is 0 Å². The Morgan fingerprint density at radius 1 is 0.941 bits per heavy atom.